The van der Waals surface area contributed by atoms with Gasteiger partial charge in [-0.2, -0.15) is 4.98 Å². The third kappa shape index (κ3) is 2.02. The Balaban J connectivity index is 2.31. The lowest BCUT2D eigenvalue weighted by Crippen LogP contribution is -2.12. The Labute approximate surface area is 89.7 Å². The molecule has 0 spiro atoms. The summed E-state index contributed by atoms with van der Waals surface area (Å²) < 4.78 is 5.23. The maximum absolute atomic E-state index is 10.3. The first kappa shape index (κ1) is 9.79. The Bertz CT molecular complexity index is 509. The molecule has 78 valence electrons. The monoisotopic (exact) mass is 226 g/mol. The van der Waals surface area contributed by atoms with Gasteiger partial charge < -0.3 is 14.8 Å². The fraction of sp³-hybridized carbons (Fsp3) is 0.111. The average molecular weight is 227 g/mol. The number of anilines is 1. The molecule has 5 nitrogen and oxygen atoms in total. The van der Waals surface area contributed by atoms with E-state index in [1.165, 1.54) is 0 Å². The molecule has 2 rings (SSSR count). The molecule has 2 N–H and O–H groups in total. The number of halogens is 1. The van der Waals surface area contributed by atoms with Crippen LogP contribution in [0.2, 0.25) is 5.02 Å². The summed E-state index contributed by atoms with van der Waals surface area (Å²) >= 11 is 5.86. The predicted octanol–water partition coefficient (Wildman–Crippen LogP) is 1.98. The topological polar surface area (TPSA) is 75.4 Å². The van der Waals surface area contributed by atoms with E-state index < -0.39 is 5.97 Å². The van der Waals surface area contributed by atoms with Crippen LogP contribution >= 0.6 is 11.6 Å². The lowest BCUT2D eigenvalue weighted by molar-refractivity contribution is -0.134. The van der Waals surface area contributed by atoms with Crippen LogP contribution in [0.5, 0.6) is 0 Å². The molecule has 6 heteroatoms. The first-order chi connectivity index (χ1) is 7.16. The molecule has 0 saturated heterocycles. The van der Waals surface area contributed by atoms with Crippen LogP contribution in [0.25, 0.3) is 11.1 Å². The molecule has 2 aromatic rings. The Hall–Kier alpha value is -1.75. The number of fused-ring (bicyclic) bond motifs is 1. The number of nitrogens with zero attached hydrogens (tertiary/aromatic N) is 1. The van der Waals surface area contributed by atoms with Gasteiger partial charge in [0.15, 0.2) is 5.58 Å². The van der Waals surface area contributed by atoms with Gasteiger partial charge in [0, 0.05) is 0 Å². The summed E-state index contributed by atoms with van der Waals surface area (Å²) in [6.07, 6.45) is 0. The van der Waals surface area contributed by atoms with E-state index in [4.69, 9.17) is 21.1 Å². The first-order valence-electron chi connectivity index (χ1n) is 4.17. The largest absolute Gasteiger partial charge is 0.480 e. The maximum Gasteiger partial charge on any atom is 0.323 e. The van der Waals surface area contributed by atoms with Gasteiger partial charge in [-0.05, 0) is 12.1 Å². The van der Waals surface area contributed by atoms with E-state index in [-0.39, 0.29) is 12.6 Å². The SMILES string of the molecule is O=C(O)CNc1nc2cccc(Cl)c2o1. The molecular weight excluding hydrogens is 220 g/mol. The molecule has 15 heavy (non-hydrogen) atoms. The van der Waals surface area contributed by atoms with Gasteiger partial charge in [-0.1, -0.05) is 17.7 Å². The van der Waals surface area contributed by atoms with E-state index >= 15 is 0 Å². The molecule has 0 amide bonds. The molecule has 0 aliphatic heterocycles. The Morgan fingerprint density at radius 1 is 1.60 bits per heavy atom. The molecule has 1 aromatic carbocycles. The van der Waals surface area contributed by atoms with Crippen LogP contribution < -0.4 is 5.32 Å². The third-order valence-electron chi connectivity index (χ3n) is 1.76. The number of aromatic nitrogens is 1. The number of para-hydroxylation sites is 1. The minimum Gasteiger partial charge on any atom is -0.480 e. The zero-order valence-electron chi connectivity index (χ0n) is 7.53. The van der Waals surface area contributed by atoms with Crippen molar-refractivity contribution in [1.82, 2.24) is 4.98 Å². The molecule has 0 unspecified atom stereocenters. The smallest absolute Gasteiger partial charge is 0.323 e. The molecule has 0 aliphatic rings. The van der Waals surface area contributed by atoms with Crippen LogP contribution in [0.15, 0.2) is 22.6 Å². The molecule has 1 heterocycles. The predicted molar refractivity (Wildman–Crippen MR) is 55.1 cm³/mol. The van der Waals surface area contributed by atoms with Crippen LogP contribution in [-0.2, 0) is 4.79 Å². The van der Waals surface area contributed by atoms with Crippen molar-refractivity contribution >= 4 is 34.7 Å². The standard InChI is InChI=1S/C9H7ClN2O3/c10-5-2-1-3-6-8(5)15-9(12-6)11-4-7(13)14/h1-3H,4H2,(H,11,12)(H,13,14). The molecule has 1 aromatic heterocycles. The summed E-state index contributed by atoms with van der Waals surface area (Å²) in [6, 6.07) is 5.31. The van der Waals surface area contributed by atoms with E-state index in [2.05, 4.69) is 10.3 Å². The van der Waals surface area contributed by atoms with Gasteiger partial charge in [0.2, 0.25) is 0 Å². The number of aliphatic carboxylic acids is 1. The normalized spacial score (nSPS) is 10.5. The highest BCUT2D eigenvalue weighted by molar-refractivity contribution is 6.34. The zero-order chi connectivity index (χ0) is 10.8. The number of benzene rings is 1. The molecule has 0 fully saturated rings. The van der Waals surface area contributed by atoms with Crippen molar-refractivity contribution in [2.75, 3.05) is 11.9 Å². The molecule has 0 atom stereocenters. The van der Waals surface area contributed by atoms with Gasteiger partial charge >= 0.3 is 5.97 Å². The highest BCUT2D eigenvalue weighted by Gasteiger charge is 2.08. The van der Waals surface area contributed by atoms with Gasteiger partial charge in [0.25, 0.3) is 6.01 Å². The van der Waals surface area contributed by atoms with Gasteiger partial charge in [-0.15, -0.1) is 0 Å². The minimum atomic E-state index is -0.983. The fourth-order valence-corrected chi connectivity index (χ4v) is 1.35. The van der Waals surface area contributed by atoms with E-state index in [1.54, 1.807) is 18.2 Å². The summed E-state index contributed by atoms with van der Waals surface area (Å²) in [5, 5.41) is 11.4. The van der Waals surface area contributed by atoms with E-state index in [9.17, 15) is 4.79 Å². The lowest BCUT2D eigenvalue weighted by atomic mass is 10.3. The summed E-state index contributed by atoms with van der Waals surface area (Å²) in [5.74, 6) is -0.983. The van der Waals surface area contributed by atoms with Crippen LogP contribution in [0.4, 0.5) is 6.01 Å². The second-order valence-electron chi connectivity index (χ2n) is 2.85. The Kier molecular flexibility index (Phi) is 2.47. The summed E-state index contributed by atoms with van der Waals surface area (Å²) in [5.41, 5.74) is 1.04. The van der Waals surface area contributed by atoms with Gasteiger partial charge in [0.1, 0.15) is 12.1 Å². The number of carboxylic acids is 1. The van der Waals surface area contributed by atoms with Crippen molar-refractivity contribution in [3.05, 3.63) is 23.2 Å². The van der Waals surface area contributed by atoms with E-state index in [0.29, 0.717) is 16.1 Å². The quantitative estimate of drug-likeness (QED) is 0.837. The highest BCUT2D eigenvalue weighted by Crippen LogP contribution is 2.25. The molecule has 0 radical (unpaired) electrons. The van der Waals surface area contributed by atoms with Crippen molar-refractivity contribution in [3.8, 4) is 0 Å². The minimum absolute atomic E-state index is 0.153. The van der Waals surface area contributed by atoms with Gasteiger partial charge in [-0.25, -0.2) is 0 Å². The van der Waals surface area contributed by atoms with Crippen molar-refractivity contribution in [2.24, 2.45) is 0 Å². The Morgan fingerprint density at radius 3 is 3.07 bits per heavy atom. The van der Waals surface area contributed by atoms with E-state index in [1.807, 2.05) is 0 Å². The molecular formula is C9H7ClN2O3. The maximum atomic E-state index is 10.3. The first-order valence-corrected chi connectivity index (χ1v) is 4.55. The van der Waals surface area contributed by atoms with Crippen molar-refractivity contribution in [2.45, 2.75) is 0 Å². The van der Waals surface area contributed by atoms with Crippen LogP contribution in [0.1, 0.15) is 0 Å². The molecule has 0 bridgehead atoms. The van der Waals surface area contributed by atoms with E-state index in [0.717, 1.165) is 0 Å². The number of oxazole rings is 1. The second-order valence-corrected chi connectivity index (χ2v) is 3.26. The van der Waals surface area contributed by atoms with Crippen LogP contribution in [-0.4, -0.2) is 22.6 Å². The van der Waals surface area contributed by atoms with Crippen LogP contribution in [0.3, 0.4) is 0 Å². The molecule has 0 aliphatic carbocycles. The highest BCUT2D eigenvalue weighted by atomic mass is 35.5. The van der Waals surface area contributed by atoms with Crippen molar-refractivity contribution in [1.29, 1.82) is 0 Å². The lowest BCUT2D eigenvalue weighted by Gasteiger charge is -1.94. The Morgan fingerprint density at radius 2 is 2.40 bits per heavy atom. The summed E-state index contributed by atoms with van der Waals surface area (Å²) in [4.78, 5) is 14.3. The van der Waals surface area contributed by atoms with Crippen molar-refractivity contribution in [3.63, 3.8) is 0 Å². The average Bonchev–Trinajstić information content (AvgIpc) is 2.59. The number of rotatable bonds is 3. The molecule has 0 saturated carbocycles. The zero-order valence-corrected chi connectivity index (χ0v) is 8.28. The summed E-state index contributed by atoms with van der Waals surface area (Å²) in [6.45, 7) is -0.246. The third-order valence-corrected chi connectivity index (χ3v) is 2.06. The second kappa shape index (κ2) is 3.78. The number of hydrogen-bond donors (Lipinski definition) is 2. The van der Waals surface area contributed by atoms with Crippen molar-refractivity contribution < 1.29 is 14.3 Å². The number of carbonyl (C=O) groups is 1. The number of carboxylic acid groups (broad SMARTS) is 1. The fourth-order valence-electron chi connectivity index (χ4n) is 1.14. The summed E-state index contributed by atoms with van der Waals surface area (Å²) in [7, 11) is 0. The van der Waals surface area contributed by atoms with Gasteiger partial charge in [0.05, 0.1) is 5.02 Å². The number of nitrogens with one attached hydrogen (secondary N) is 1. The van der Waals surface area contributed by atoms with Crippen LogP contribution in [0, 0.1) is 0 Å². The van der Waals surface area contributed by atoms with Gasteiger partial charge in [-0.3, -0.25) is 4.79 Å². The number of hydrogen-bond acceptors (Lipinski definition) is 4.